The lowest BCUT2D eigenvalue weighted by Crippen LogP contribution is -2.15. The van der Waals surface area contributed by atoms with E-state index in [0.717, 1.165) is 12.3 Å². The van der Waals surface area contributed by atoms with Gasteiger partial charge in [0.15, 0.2) is 5.82 Å². The quantitative estimate of drug-likeness (QED) is 0.483. The predicted molar refractivity (Wildman–Crippen MR) is 57.7 cm³/mol. The van der Waals surface area contributed by atoms with Gasteiger partial charge in [-0.15, -0.1) is 0 Å². The summed E-state index contributed by atoms with van der Waals surface area (Å²) in [6, 6.07) is 1.14. The van der Waals surface area contributed by atoms with Gasteiger partial charge in [0, 0.05) is 6.07 Å². The van der Waals surface area contributed by atoms with Gasteiger partial charge in [0.1, 0.15) is 6.20 Å². The summed E-state index contributed by atoms with van der Waals surface area (Å²) in [5.41, 5.74) is 5.30. The largest absolute Gasteiger partial charge is 0.396 e. The van der Waals surface area contributed by atoms with Crippen molar-refractivity contribution in [2.45, 2.75) is 0 Å². The van der Waals surface area contributed by atoms with E-state index in [1.807, 2.05) is 0 Å². The van der Waals surface area contributed by atoms with Gasteiger partial charge in [0.25, 0.3) is 5.69 Å². The Morgan fingerprint density at radius 1 is 1.73 bits per heavy atom. The first-order valence-electron chi connectivity index (χ1n) is 3.80. The minimum absolute atomic E-state index is 0.0542. The standard InChI is InChI=1S/C7H7BrN4O3/c8-2-6(13)11-7-5(9)1-4(3-10-7)12(14)15/h1,3H,2,9H2,(H,10,11,13). The van der Waals surface area contributed by atoms with Gasteiger partial charge in [0.05, 0.1) is 15.9 Å². The van der Waals surface area contributed by atoms with Crippen LogP contribution < -0.4 is 11.1 Å². The molecule has 1 amide bonds. The first-order valence-corrected chi connectivity index (χ1v) is 4.92. The summed E-state index contributed by atoms with van der Waals surface area (Å²) in [6.45, 7) is 0. The molecule has 0 spiro atoms. The van der Waals surface area contributed by atoms with Crippen molar-refractivity contribution in [2.75, 3.05) is 16.4 Å². The summed E-state index contributed by atoms with van der Waals surface area (Å²) in [7, 11) is 0. The van der Waals surface area contributed by atoms with Gasteiger partial charge in [-0.3, -0.25) is 14.9 Å². The van der Waals surface area contributed by atoms with E-state index in [1.54, 1.807) is 0 Å². The molecule has 0 fully saturated rings. The molecule has 0 atom stereocenters. The smallest absolute Gasteiger partial charge is 0.289 e. The van der Waals surface area contributed by atoms with Crippen molar-refractivity contribution >= 4 is 39.0 Å². The number of amides is 1. The van der Waals surface area contributed by atoms with Crippen LogP contribution in [0.25, 0.3) is 0 Å². The maximum Gasteiger partial charge on any atom is 0.289 e. The van der Waals surface area contributed by atoms with Crippen LogP contribution in [0.5, 0.6) is 0 Å². The van der Waals surface area contributed by atoms with Gasteiger partial charge in [-0.25, -0.2) is 4.98 Å². The summed E-state index contributed by atoms with van der Waals surface area (Å²) in [5, 5.41) is 12.8. The maximum absolute atomic E-state index is 11.0. The first kappa shape index (κ1) is 11.4. The second-order valence-electron chi connectivity index (χ2n) is 2.57. The third-order valence-electron chi connectivity index (χ3n) is 1.49. The fraction of sp³-hybridized carbons (Fsp3) is 0.143. The number of alkyl halides is 1. The summed E-state index contributed by atoms with van der Waals surface area (Å²) < 4.78 is 0. The van der Waals surface area contributed by atoms with Crippen molar-refractivity contribution in [1.29, 1.82) is 0 Å². The SMILES string of the molecule is Nc1cc([N+](=O)[O-])cnc1NC(=O)CBr. The molecule has 0 saturated heterocycles. The zero-order chi connectivity index (χ0) is 11.4. The molecule has 8 heteroatoms. The second kappa shape index (κ2) is 4.69. The monoisotopic (exact) mass is 274 g/mol. The van der Waals surface area contributed by atoms with E-state index in [2.05, 4.69) is 26.2 Å². The molecule has 0 aromatic carbocycles. The zero-order valence-electron chi connectivity index (χ0n) is 7.44. The third-order valence-corrected chi connectivity index (χ3v) is 2.00. The first-order chi connectivity index (χ1) is 7.04. The number of aromatic nitrogens is 1. The van der Waals surface area contributed by atoms with Crippen molar-refractivity contribution in [3.63, 3.8) is 0 Å². The number of nitrogens with two attached hydrogens (primary N) is 1. The number of carbonyl (C=O) groups excluding carboxylic acids is 1. The minimum atomic E-state index is -0.612. The Morgan fingerprint density at radius 2 is 2.40 bits per heavy atom. The Balaban J connectivity index is 2.93. The van der Waals surface area contributed by atoms with Crippen LogP contribution in [0.4, 0.5) is 17.2 Å². The molecule has 0 radical (unpaired) electrons. The normalized spacial score (nSPS) is 9.67. The number of nitrogen functional groups attached to an aromatic ring is 1. The van der Waals surface area contributed by atoms with Crippen LogP contribution in [-0.4, -0.2) is 21.1 Å². The molecule has 0 aliphatic heterocycles. The number of nitro groups is 1. The Morgan fingerprint density at radius 3 is 2.87 bits per heavy atom. The molecule has 1 heterocycles. The van der Waals surface area contributed by atoms with Crippen LogP contribution in [0, 0.1) is 10.1 Å². The number of halogens is 1. The number of nitrogens with one attached hydrogen (secondary N) is 1. The van der Waals surface area contributed by atoms with Crippen molar-refractivity contribution in [1.82, 2.24) is 4.98 Å². The third kappa shape index (κ3) is 2.88. The average Bonchev–Trinajstić information content (AvgIpc) is 2.20. The summed E-state index contributed by atoms with van der Waals surface area (Å²) in [5.74, 6) is -0.215. The Kier molecular flexibility index (Phi) is 3.56. The van der Waals surface area contributed by atoms with E-state index in [9.17, 15) is 14.9 Å². The van der Waals surface area contributed by atoms with Crippen LogP contribution >= 0.6 is 15.9 Å². The number of carbonyl (C=O) groups is 1. The van der Waals surface area contributed by atoms with Crippen LogP contribution in [0.15, 0.2) is 12.3 Å². The van der Waals surface area contributed by atoms with Crippen molar-refractivity contribution < 1.29 is 9.72 Å². The van der Waals surface area contributed by atoms with E-state index in [1.165, 1.54) is 0 Å². The lowest BCUT2D eigenvalue weighted by Gasteiger charge is -2.04. The molecule has 0 aliphatic carbocycles. The second-order valence-corrected chi connectivity index (χ2v) is 3.13. The van der Waals surface area contributed by atoms with Crippen LogP contribution in [0.3, 0.4) is 0 Å². The van der Waals surface area contributed by atoms with Gasteiger partial charge in [-0.05, 0) is 0 Å². The fourth-order valence-corrected chi connectivity index (χ4v) is 0.980. The van der Waals surface area contributed by atoms with E-state index in [0.29, 0.717) is 0 Å². The molecule has 80 valence electrons. The molecule has 3 N–H and O–H groups in total. The molecule has 0 bridgehead atoms. The molecule has 0 saturated carbocycles. The number of rotatable bonds is 3. The Bertz CT molecular complexity index is 409. The van der Waals surface area contributed by atoms with E-state index in [4.69, 9.17) is 5.73 Å². The number of anilines is 2. The number of pyridine rings is 1. The molecule has 7 nitrogen and oxygen atoms in total. The fourth-order valence-electron chi connectivity index (χ4n) is 0.840. The Hall–Kier alpha value is -1.70. The molecular weight excluding hydrogens is 268 g/mol. The summed E-state index contributed by atoms with van der Waals surface area (Å²) in [6.07, 6.45) is 1.03. The lowest BCUT2D eigenvalue weighted by atomic mass is 10.3. The van der Waals surface area contributed by atoms with Crippen LogP contribution in [-0.2, 0) is 4.79 Å². The molecule has 1 aromatic rings. The molecule has 0 unspecified atom stereocenters. The highest BCUT2D eigenvalue weighted by Gasteiger charge is 2.11. The minimum Gasteiger partial charge on any atom is -0.396 e. The van der Waals surface area contributed by atoms with Gasteiger partial charge in [-0.2, -0.15) is 0 Å². The van der Waals surface area contributed by atoms with Gasteiger partial charge in [-0.1, -0.05) is 15.9 Å². The van der Waals surface area contributed by atoms with Crippen LogP contribution in [0.1, 0.15) is 0 Å². The van der Waals surface area contributed by atoms with Crippen molar-refractivity contribution in [2.24, 2.45) is 0 Å². The van der Waals surface area contributed by atoms with E-state index in [-0.39, 0.29) is 28.4 Å². The molecule has 15 heavy (non-hydrogen) atoms. The number of hydrogen-bond acceptors (Lipinski definition) is 5. The van der Waals surface area contributed by atoms with E-state index < -0.39 is 4.92 Å². The van der Waals surface area contributed by atoms with Gasteiger partial charge >= 0.3 is 0 Å². The summed E-state index contributed by atoms with van der Waals surface area (Å²) in [4.78, 5) is 24.4. The van der Waals surface area contributed by atoms with Crippen molar-refractivity contribution in [3.8, 4) is 0 Å². The molecule has 0 aliphatic rings. The van der Waals surface area contributed by atoms with Crippen LogP contribution in [0.2, 0.25) is 0 Å². The lowest BCUT2D eigenvalue weighted by molar-refractivity contribution is -0.385. The zero-order valence-corrected chi connectivity index (χ0v) is 9.02. The highest BCUT2D eigenvalue weighted by molar-refractivity contribution is 9.09. The maximum atomic E-state index is 11.0. The predicted octanol–water partition coefficient (Wildman–Crippen LogP) is 0.905. The van der Waals surface area contributed by atoms with Gasteiger partial charge in [0.2, 0.25) is 5.91 Å². The summed E-state index contributed by atoms with van der Waals surface area (Å²) >= 11 is 2.95. The van der Waals surface area contributed by atoms with Gasteiger partial charge < -0.3 is 11.1 Å². The molecule has 1 aromatic heterocycles. The Labute approximate surface area is 93.0 Å². The number of hydrogen-bond donors (Lipinski definition) is 2. The number of nitrogens with zero attached hydrogens (tertiary/aromatic N) is 2. The van der Waals surface area contributed by atoms with E-state index >= 15 is 0 Å². The highest BCUT2D eigenvalue weighted by Crippen LogP contribution is 2.20. The molecular formula is C7H7BrN4O3. The van der Waals surface area contributed by atoms with Crippen molar-refractivity contribution in [3.05, 3.63) is 22.4 Å². The average molecular weight is 275 g/mol. The highest BCUT2D eigenvalue weighted by atomic mass is 79.9. The molecule has 1 rings (SSSR count). The topological polar surface area (TPSA) is 111 Å².